The van der Waals surface area contributed by atoms with Gasteiger partial charge in [-0.2, -0.15) is 5.26 Å². The highest BCUT2D eigenvalue weighted by atomic mass is 16.5. The maximum absolute atomic E-state index is 11.4. The third kappa shape index (κ3) is 3.65. The third-order valence-corrected chi connectivity index (χ3v) is 2.17. The maximum atomic E-state index is 11.4. The molecule has 0 fully saturated rings. The van der Waals surface area contributed by atoms with Crippen LogP contribution in [0.3, 0.4) is 0 Å². The lowest BCUT2D eigenvalue weighted by atomic mass is 10.0. The Kier molecular flexibility index (Phi) is 4.77. The van der Waals surface area contributed by atoms with Gasteiger partial charge in [0.2, 0.25) is 0 Å². The Morgan fingerprint density at radius 2 is 2.12 bits per heavy atom. The molecule has 0 saturated heterocycles. The Balaban J connectivity index is 2.75. The van der Waals surface area contributed by atoms with Crippen LogP contribution < -0.4 is 0 Å². The largest absolute Gasteiger partial charge is 0.515 e. The number of carbonyl (C=O) groups excluding carboxylic acids is 1. The predicted octanol–water partition coefficient (Wildman–Crippen LogP) is 2.11. The molecule has 0 bridgehead atoms. The van der Waals surface area contributed by atoms with Crippen LogP contribution in [0.25, 0.3) is 0 Å². The van der Waals surface area contributed by atoms with Gasteiger partial charge in [0.05, 0.1) is 30.1 Å². The van der Waals surface area contributed by atoms with Gasteiger partial charge in [-0.15, -0.1) is 0 Å². The minimum atomic E-state index is -0.528. The maximum Gasteiger partial charge on any atom is 0.337 e. The van der Waals surface area contributed by atoms with E-state index in [0.717, 1.165) is 11.8 Å². The molecule has 0 aliphatic rings. The summed E-state index contributed by atoms with van der Waals surface area (Å²) in [7, 11) is 0. The van der Waals surface area contributed by atoms with E-state index >= 15 is 0 Å². The lowest BCUT2D eigenvalue weighted by Gasteiger charge is -2.05. The van der Waals surface area contributed by atoms with Crippen molar-refractivity contribution < 1.29 is 14.6 Å². The number of aliphatic hydroxyl groups is 1. The normalized spacial score (nSPS) is 10.7. The van der Waals surface area contributed by atoms with Crippen LogP contribution in [0.15, 0.2) is 36.1 Å². The third-order valence-electron chi connectivity index (χ3n) is 2.17. The Hall–Kier alpha value is -2.28. The highest BCUT2D eigenvalue weighted by Gasteiger charge is 2.11. The van der Waals surface area contributed by atoms with E-state index in [1.54, 1.807) is 31.2 Å². The number of carbonyl (C=O) groups is 1. The number of nitriles is 1. The zero-order valence-electron chi connectivity index (χ0n) is 9.51. The van der Waals surface area contributed by atoms with Gasteiger partial charge in [-0.3, -0.25) is 0 Å². The van der Waals surface area contributed by atoms with Crippen molar-refractivity contribution in [3.63, 3.8) is 0 Å². The summed E-state index contributed by atoms with van der Waals surface area (Å²) in [6.07, 6.45) is 1.04. The van der Waals surface area contributed by atoms with Crippen LogP contribution in [-0.4, -0.2) is 17.7 Å². The molecule has 0 amide bonds. The molecular formula is C13H13NO3. The van der Waals surface area contributed by atoms with Crippen molar-refractivity contribution in [3.8, 4) is 6.07 Å². The molecule has 4 heteroatoms. The molecule has 17 heavy (non-hydrogen) atoms. The Morgan fingerprint density at radius 3 is 2.59 bits per heavy atom. The van der Waals surface area contributed by atoms with Gasteiger partial charge in [0.1, 0.15) is 0 Å². The van der Waals surface area contributed by atoms with E-state index in [4.69, 9.17) is 15.1 Å². The van der Waals surface area contributed by atoms with Crippen molar-refractivity contribution in [1.82, 2.24) is 0 Å². The van der Waals surface area contributed by atoms with E-state index in [1.165, 1.54) is 0 Å². The van der Waals surface area contributed by atoms with Gasteiger partial charge in [-0.05, 0) is 24.6 Å². The van der Waals surface area contributed by atoms with Crippen LogP contribution in [0.4, 0.5) is 0 Å². The highest BCUT2D eigenvalue weighted by molar-refractivity contribution is 5.88. The molecule has 0 saturated carbocycles. The van der Waals surface area contributed by atoms with Crippen LogP contribution in [0, 0.1) is 11.3 Å². The van der Waals surface area contributed by atoms with Gasteiger partial charge < -0.3 is 9.84 Å². The fraction of sp³-hybridized carbons (Fsp3) is 0.231. The van der Waals surface area contributed by atoms with E-state index in [1.807, 2.05) is 6.07 Å². The van der Waals surface area contributed by atoms with Gasteiger partial charge in [-0.1, -0.05) is 12.1 Å². The van der Waals surface area contributed by atoms with Crippen LogP contribution in [0.5, 0.6) is 0 Å². The Labute approximate surface area is 99.8 Å². The van der Waals surface area contributed by atoms with Crippen LogP contribution in [-0.2, 0) is 16.0 Å². The van der Waals surface area contributed by atoms with Crippen molar-refractivity contribution in [3.05, 3.63) is 47.2 Å². The number of ether oxygens (including phenoxy) is 1. The first-order valence-electron chi connectivity index (χ1n) is 5.20. The van der Waals surface area contributed by atoms with Gasteiger partial charge in [0, 0.05) is 6.42 Å². The molecule has 0 aliphatic heterocycles. The molecule has 88 valence electrons. The first-order valence-corrected chi connectivity index (χ1v) is 5.20. The second-order valence-electron chi connectivity index (χ2n) is 3.36. The number of rotatable bonds is 4. The Morgan fingerprint density at radius 1 is 1.47 bits per heavy atom. The zero-order valence-corrected chi connectivity index (χ0v) is 9.51. The molecule has 0 radical (unpaired) electrons. The van der Waals surface area contributed by atoms with Crippen molar-refractivity contribution in [2.45, 2.75) is 13.3 Å². The van der Waals surface area contributed by atoms with Crippen LogP contribution in [0.1, 0.15) is 18.1 Å². The van der Waals surface area contributed by atoms with Crippen molar-refractivity contribution in [2.75, 3.05) is 6.61 Å². The molecule has 4 nitrogen and oxygen atoms in total. The summed E-state index contributed by atoms with van der Waals surface area (Å²) in [5, 5.41) is 17.6. The van der Waals surface area contributed by atoms with Gasteiger partial charge >= 0.3 is 5.97 Å². The summed E-state index contributed by atoms with van der Waals surface area (Å²) >= 11 is 0. The average Bonchev–Trinajstić information content (AvgIpc) is 2.37. The quantitative estimate of drug-likeness (QED) is 0.489. The first-order chi connectivity index (χ1) is 8.21. The number of nitrogens with zero attached hydrogens (tertiary/aromatic N) is 1. The highest BCUT2D eigenvalue weighted by Crippen LogP contribution is 2.10. The molecule has 1 aromatic carbocycles. The summed E-state index contributed by atoms with van der Waals surface area (Å²) in [5.41, 5.74) is 1.58. The topological polar surface area (TPSA) is 70.3 Å². The molecule has 0 atom stereocenters. The molecule has 1 rings (SSSR count). The van der Waals surface area contributed by atoms with Gasteiger partial charge in [0.15, 0.2) is 0 Å². The van der Waals surface area contributed by atoms with Gasteiger partial charge in [-0.25, -0.2) is 4.79 Å². The smallest absolute Gasteiger partial charge is 0.337 e. The summed E-state index contributed by atoms with van der Waals surface area (Å²) in [4.78, 5) is 11.4. The number of benzene rings is 1. The van der Waals surface area contributed by atoms with Crippen molar-refractivity contribution >= 4 is 5.97 Å². The summed E-state index contributed by atoms with van der Waals surface area (Å²) in [6.45, 7) is 1.97. The monoisotopic (exact) mass is 231 g/mol. The van der Waals surface area contributed by atoms with E-state index in [2.05, 4.69) is 0 Å². The summed E-state index contributed by atoms with van der Waals surface area (Å²) < 4.78 is 4.79. The second-order valence-corrected chi connectivity index (χ2v) is 3.36. The molecule has 0 heterocycles. The van der Waals surface area contributed by atoms with E-state index in [-0.39, 0.29) is 18.6 Å². The SMILES string of the molecule is CCOC(=O)/C(=C/O)Cc1ccc(C#N)cc1. The number of aliphatic hydroxyl groups excluding tert-OH is 1. The zero-order chi connectivity index (χ0) is 12.7. The lowest BCUT2D eigenvalue weighted by molar-refractivity contribution is -0.138. The minimum absolute atomic E-state index is 0.191. The summed E-state index contributed by atoms with van der Waals surface area (Å²) in [6, 6.07) is 8.81. The molecule has 0 unspecified atom stereocenters. The molecule has 0 aliphatic carbocycles. The number of hydrogen-bond donors (Lipinski definition) is 1. The standard InChI is InChI=1S/C13H13NO3/c1-2-17-13(16)12(9-15)7-10-3-5-11(8-14)6-4-10/h3-6,9,15H,2,7H2,1H3/b12-9+. The minimum Gasteiger partial charge on any atom is -0.515 e. The summed E-state index contributed by atoms with van der Waals surface area (Å²) in [5.74, 6) is -0.528. The van der Waals surface area contributed by atoms with Crippen molar-refractivity contribution in [2.24, 2.45) is 0 Å². The van der Waals surface area contributed by atoms with Crippen LogP contribution in [0.2, 0.25) is 0 Å². The second kappa shape index (κ2) is 6.33. The van der Waals surface area contributed by atoms with E-state index in [9.17, 15) is 4.79 Å². The fourth-order valence-corrected chi connectivity index (χ4v) is 1.31. The molecule has 1 aromatic rings. The van der Waals surface area contributed by atoms with E-state index < -0.39 is 5.97 Å². The number of esters is 1. The predicted molar refractivity (Wildman–Crippen MR) is 62.2 cm³/mol. The molecule has 0 aromatic heterocycles. The van der Waals surface area contributed by atoms with E-state index in [0.29, 0.717) is 5.56 Å². The lowest BCUT2D eigenvalue weighted by Crippen LogP contribution is -2.10. The molecule has 0 spiro atoms. The molecular weight excluding hydrogens is 218 g/mol. The Bertz CT molecular complexity index is 455. The van der Waals surface area contributed by atoms with Gasteiger partial charge in [0.25, 0.3) is 0 Å². The fourth-order valence-electron chi connectivity index (χ4n) is 1.31. The van der Waals surface area contributed by atoms with Crippen molar-refractivity contribution in [1.29, 1.82) is 5.26 Å². The number of hydrogen-bond acceptors (Lipinski definition) is 4. The van der Waals surface area contributed by atoms with Crippen LogP contribution >= 0.6 is 0 Å². The molecule has 1 N–H and O–H groups in total. The first kappa shape index (κ1) is 12.8. The average molecular weight is 231 g/mol.